The van der Waals surface area contributed by atoms with E-state index in [0.29, 0.717) is 24.7 Å². The van der Waals surface area contributed by atoms with Crippen molar-refractivity contribution in [1.29, 1.82) is 0 Å². The summed E-state index contributed by atoms with van der Waals surface area (Å²) in [5.41, 5.74) is 7.34. The standard InChI is InChI=1S/C16H25BrN2O/c1-12(9-13-3-5-14(17)6-4-13)19-8-7-16(20-2)10-15(19)11-18/h3-6,12,15-16H,7-11,18H2,1-2H3. The molecule has 1 heterocycles. The Morgan fingerprint density at radius 1 is 1.40 bits per heavy atom. The summed E-state index contributed by atoms with van der Waals surface area (Å²) in [4.78, 5) is 2.55. The summed E-state index contributed by atoms with van der Waals surface area (Å²) < 4.78 is 6.63. The van der Waals surface area contributed by atoms with Gasteiger partial charge in [0.2, 0.25) is 0 Å². The normalized spacial score (nSPS) is 25.6. The molecule has 1 aliphatic rings. The first-order valence-corrected chi connectivity index (χ1v) is 8.16. The number of benzene rings is 1. The van der Waals surface area contributed by atoms with Gasteiger partial charge in [-0.2, -0.15) is 0 Å². The first kappa shape index (κ1) is 16.0. The number of ether oxygens (including phenoxy) is 1. The molecule has 0 amide bonds. The maximum atomic E-state index is 5.96. The van der Waals surface area contributed by atoms with E-state index in [1.807, 2.05) is 0 Å². The predicted octanol–water partition coefficient (Wildman–Crippen LogP) is 2.82. The fraction of sp³-hybridized carbons (Fsp3) is 0.625. The average Bonchev–Trinajstić information content (AvgIpc) is 2.48. The first-order chi connectivity index (χ1) is 9.63. The molecule has 2 N–H and O–H groups in total. The number of nitrogens with zero attached hydrogens (tertiary/aromatic N) is 1. The summed E-state index contributed by atoms with van der Waals surface area (Å²) in [6, 6.07) is 9.57. The lowest BCUT2D eigenvalue weighted by molar-refractivity contribution is -0.00105. The molecule has 2 rings (SSSR count). The van der Waals surface area contributed by atoms with Crippen LogP contribution in [0.1, 0.15) is 25.3 Å². The van der Waals surface area contributed by atoms with Crippen molar-refractivity contribution in [3.8, 4) is 0 Å². The summed E-state index contributed by atoms with van der Waals surface area (Å²) in [6.45, 7) is 4.10. The highest BCUT2D eigenvalue weighted by Gasteiger charge is 2.30. The maximum Gasteiger partial charge on any atom is 0.0599 e. The van der Waals surface area contributed by atoms with Crippen LogP contribution in [0.5, 0.6) is 0 Å². The van der Waals surface area contributed by atoms with Gasteiger partial charge in [-0.25, -0.2) is 0 Å². The zero-order valence-corrected chi connectivity index (χ0v) is 14.0. The topological polar surface area (TPSA) is 38.5 Å². The summed E-state index contributed by atoms with van der Waals surface area (Å²) in [5.74, 6) is 0. The van der Waals surface area contributed by atoms with E-state index in [2.05, 4.69) is 52.0 Å². The van der Waals surface area contributed by atoms with Gasteiger partial charge in [-0.05, 0) is 43.9 Å². The lowest BCUT2D eigenvalue weighted by Crippen LogP contribution is -2.52. The van der Waals surface area contributed by atoms with Crippen LogP contribution in [0.3, 0.4) is 0 Å². The van der Waals surface area contributed by atoms with Crippen LogP contribution in [0.2, 0.25) is 0 Å². The Hall–Kier alpha value is -0.420. The Kier molecular flexibility index (Phi) is 6.02. The number of nitrogens with two attached hydrogens (primary N) is 1. The average molecular weight is 341 g/mol. The van der Waals surface area contributed by atoms with Gasteiger partial charge in [0.15, 0.2) is 0 Å². The molecule has 4 heteroatoms. The van der Waals surface area contributed by atoms with E-state index in [1.54, 1.807) is 7.11 Å². The number of methoxy groups -OCH3 is 1. The van der Waals surface area contributed by atoms with Gasteiger partial charge in [-0.1, -0.05) is 28.1 Å². The number of piperidine rings is 1. The Balaban J connectivity index is 1.97. The Morgan fingerprint density at radius 3 is 2.70 bits per heavy atom. The molecule has 0 aliphatic carbocycles. The Bertz CT molecular complexity index is 409. The molecule has 1 aromatic carbocycles. The highest BCUT2D eigenvalue weighted by atomic mass is 79.9. The second-order valence-electron chi connectivity index (χ2n) is 5.69. The highest BCUT2D eigenvalue weighted by Crippen LogP contribution is 2.23. The van der Waals surface area contributed by atoms with Gasteiger partial charge in [0.05, 0.1) is 6.10 Å². The minimum Gasteiger partial charge on any atom is -0.381 e. The van der Waals surface area contributed by atoms with Crippen LogP contribution in [-0.4, -0.2) is 43.3 Å². The zero-order chi connectivity index (χ0) is 14.5. The molecule has 1 fully saturated rings. The summed E-state index contributed by atoms with van der Waals surface area (Å²) in [7, 11) is 1.80. The third-order valence-corrected chi connectivity index (χ3v) is 4.86. The van der Waals surface area contributed by atoms with Crippen molar-refractivity contribution in [3.05, 3.63) is 34.3 Å². The Morgan fingerprint density at radius 2 is 2.10 bits per heavy atom. The molecule has 1 aliphatic heterocycles. The summed E-state index contributed by atoms with van der Waals surface area (Å²) in [5, 5.41) is 0. The van der Waals surface area contributed by atoms with Gasteiger partial charge in [0.1, 0.15) is 0 Å². The van der Waals surface area contributed by atoms with Crippen LogP contribution >= 0.6 is 15.9 Å². The SMILES string of the molecule is COC1CCN(C(C)Cc2ccc(Br)cc2)C(CN)C1. The number of hydrogen-bond acceptors (Lipinski definition) is 3. The van der Waals surface area contributed by atoms with Crippen LogP contribution < -0.4 is 5.73 Å². The van der Waals surface area contributed by atoms with Crippen molar-refractivity contribution in [2.24, 2.45) is 5.73 Å². The van der Waals surface area contributed by atoms with Crippen LogP contribution in [0.4, 0.5) is 0 Å². The van der Waals surface area contributed by atoms with Crippen molar-refractivity contribution < 1.29 is 4.74 Å². The van der Waals surface area contributed by atoms with Crippen molar-refractivity contribution in [1.82, 2.24) is 4.90 Å². The smallest absolute Gasteiger partial charge is 0.0599 e. The molecular formula is C16H25BrN2O. The summed E-state index contributed by atoms with van der Waals surface area (Å²) in [6.07, 6.45) is 3.61. The molecule has 0 spiro atoms. The fourth-order valence-corrected chi connectivity index (χ4v) is 3.40. The molecule has 3 unspecified atom stereocenters. The third-order valence-electron chi connectivity index (χ3n) is 4.33. The molecule has 20 heavy (non-hydrogen) atoms. The molecule has 3 atom stereocenters. The minimum absolute atomic E-state index is 0.375. The monoisotopic (exact) mass is 340 g/mol. The molecule has 0 bridgehead atoms. The number of likely N-dealkylation sites (tertiary alicyclic amines) is 1. The van der Waals surface area contributed by atoms with Gasteiger partial charge in [0.25, 0.3) is 0 Å². The van der Waals surface area contributed by atoms with E-state index >= 15 is 0 Å². The number of hydrogen-bond donors (Lipinski definition) is 1. The number of rotatable bonds is 5. The molecule has 3 nitrogen and oxygen atoms in total. The molecule has 0 saturated carbocycles. The van der Waals surface area contributed by atoms with Crippen molar-refractivity contribution in [3.63, 3.8) is 0 Å². The van der Waals surface area contributed by atoms with Crippen molar-refractivity contribution >= 4 is 15.9 Å². The predicted molar refractivity (Wildman–Crippen MR) is 86.9 cm³/mol. The van der Waals surface area contributed by atoms with Gasteiger partial charge in [-0.15, -0.1) is 0 Å². The molecule has 112 valence electrons. The first-order valence-electron chi connectivity index (χ1n) is 7.37. The van der Waals surface area contributed by atoms with Crippen LogP contribution in [0.25, 0.3) is 0 Å². The zero-order valence-electron chi connectivity index (χ0n) is 12.4. The van der Waals surface area contributed by atoms with Gasteiger partial charge in [0, 0.05) is 36.8 Å². The lowest BCUT2D eigenvalue weighted by atomic mass is 9.95. The minimum atomic E-state index is 0.375. The van der Waals surface area contributed by atoms with Gasteiger partial charge in [-0.3, -0.25) is 4.90 Å². The van der Waals surface area contributed by atoms with Crippen LogP contribution in [0, 0.1) is 0 Å². The molecule has 1 saturated heterocycles. The van der Waals surface area contributed by atoms with E-state index in [1.165, 1.54) is 5.56 Å². The third kappa shape index (κ3) is 4.04. The van der Waals surface area contributed by atoms with E-state index < -0.39 is 0 Å². The van der Waals surface area contributed by atoms with E-state index in [4.69, 9.17) is 10.5 Å². The molecule has 1 aromatic rings. The molecule has 0 radical (unpaired) electrons. The molecule has 0 aromatic heterocycles. The largest absolute Gasteiger partial charge is 0.381 e. The van der Waals surface area contributed by atoms with Crippen molar-refractivity contribution in [2.45, 2.75) is 44.4 Å². The summed E-state index contributed by atoms with van der Waals surface area (Å²) >= 11 is 3.48. The van der Waals surface area contributed by atoms with Gasteiger partial charge < -0.3 is 10.5 Å². The molecular weight excluding hydrogens is 316 g/mol. The lowest BCUT2D eigenvalue weighted by Gasteiger charge is -2.42. The Labute approximate surface area is 130 Å². The number of halogens is 1. The van der Waals surface area contributed by atoms with E-state index in [-0.39, 0.29) is 0 Å². The quantitative estimate of drug-likeness (QED) is 0.895. The maximum absolute atomic E-state index is 5.96. The van der Waals surface area contributed by atoms with E-state index in [0.717, 1.165) is 30.3 Å². The van der Waals surface area contributed by atoms with Crippen LogP contribution in [0.15, 0.2) is 28.7 Å². The highest BCUT2D eigenvalue weighted by molar-refractivity contribution is 9.10. The van der Waals surface area contributed by atoms with Gasteiger partial charge >= 0.3 is 0 Å². The fourth-order valence-electron chi connectivity index (χ4n) is 3.14. The second-order valence-corrected chi connectivity index (χ2v) is 6.60. The van der Waals surface area contributed by atoms with Crippen LogP contribution in [-0.2, 0) is 11.2 Å². The van der Waals surface area contributed by atoms with E-state index in [9.17, 15) is 0 Å². The van der Waals surface area contributed by atoms with Crippen molar-refractivity contribution in [2.75, 3.05) is 20.2 Å². The second kappa shape index (κ2) is 7.55.